The van der Waals surface area contributed by atoms with Gasteiger partial charge in [0.05, 0.1) is 11.3 Å². The Balaban J connectivity index is 1.73. The fourth-order valence-corrected chi connectivity index (χ4v) is 3.57. The molecule has 0 aliphatic carbocycles. The zero-order valence-corrected chi connectivity index (χ0v) is 14.8. The molecule has 0 saturated heterocycles. The van der Waals surface area contributed by atoms with Crippen molar-refractivity contribution in [3.05, 3.63) is 83.1 Å². The molecule has 2 heterocycles. The van der Waals surface area contributed by atoms with Crippen LogP contribution in [0.5, 0.6) is 0 Å². The van der Waals surface area contributed by atoms with Crippen LogP contribution in [0.4, 0.5) is 5.69 Å². The number of carbonyl (C=O) groups excluding carboxylic acids is 1. The molecule has 1 amide bonds. The molecule has 0 spiro atoms. The van der Waals surface area contributed by atoms with Crippen LogP contribution in [0.2, 0.25) is 5.02 Å². The van der Waals surface area contributed by atoms with Crippen molar-refractivity contribution in [3.63, 3.8) is 0 Å². The highest BCUT2D eigenvalue weighted by Crippen LogP contribution is 2.36. The minimum absolute atomic E-state index is 0.0398. The monoisotopic (exact) mass is 351 g/mol. The van der Waals surface area contributed by atoms with Crippen molar-refractivity contribution < 1.29 is 4.79 Å². The quantitative estimate of drug-likeness (QED) is 0.686. The summed E-state index contributed by atoms with van der Waals surface area (Å²) >= 11 is 5.97. The molecule has 2 aromatic carbocycles. The molecule has 1 atom stereocenters. The second kappa shape index (κ2) is 5.97. The van der Waals surface area contributed by atoms with E-state index in [4.69, 9.17) is 11.6 Å². The van der Waals surface area contributed by atoms with Crippen LogP contribution in [0.15, 0.2) is 67.0 Å². The second-order valence-electron chi connectivity index (χ2n) is 6.25. The van der Waals surface area contributed by atoms with Gasteiger partial charge in [-0.05, 0) is 42.5 Å². The minimum Gasteiger partial charge on any atom is -0.350 e. The molecular formula is C20H18ClN3O. The van der Waals surface area contributed by atoms with Gasteiger partial charge < -0.3 is 14.4 Å². The van der Waals surface area contributed by atoms with Gasteiger partial charge in [0.2, 0.25) is 0 Å². The van der Waals surface area contributed by atoms with E-state index in [0.29, 0.717) is 5.02 Å². The average molecular weight is 352 g/mol. The lowest BCUT2D eigenvalue weighted by Gasteiger charge is -2.41. The van der Waals surface area contributed by atoms with Crippen molar-refractivity contribution in [2.75, 3.05) is 19.0 Å². The van der Waals surface area contributed by atoms with Crippen LogP contribution in [-0.4, -0.2) is 29.5 Å². The second-order valence-corrected chi connectivity index (χ2v) is 6.68. The van der Waals surface area contributed by atoms with E-state index in [2.05, 4.69) is 11.1 Å². The molecule has 126 valence electrons. The lowest BCUT2D eigenvalue weighted by Crippen LogP contribution is -2.45. The Kier molecular flexibility index (Phi) is 3.77. The van der Waals surface area contributed by atoms with Gasteiger partial charge in [0.25, 0.3) is 5.91 Å². The Morgan fingerprint density at radius 1 is 0.920 bits per heavy atom. The highest BCUT2D eigenvalue weighted by Gasteiger charge is 2.34. The molecule has 1 aromatic heterocycles. The number of hydrogen-bond acceptors (Lipinski definition) is 2. The lowest BCUT2D eigenvalue weighted by molar-refractivity contribution is 0.0711. The molecule has 4 nitrogen and oxygen atoms in total. The predicted octanol–water partition coefficient (Wildman–Crippen LogP) is 4.35. The summed E-state index contributed by atoms with van der Waals surface area (Å²) in [5.74, 6) is 0.0398. The minimum atomic E-state index is -0.143. The number of para-hydroxylation sites is 1. The summed E-state index contributed by atoms with van der Waals surface area (Å²) in [4.78, 5) is 16.7. The highest BCUT2D eigenvalue weighted by atomic mass is 35.5. The zero-order valence-electron chi connectivity index (χ0n) is 14.1. The first-order chi connectivity index (χ1) is 12.1. The number of amides is 1. The SMILES string of the molecule is CN1C(=O)c2ccccc2N(C)C1c1ccn(-c2ccc(Cl)cc2)c1. The number of fused-ring (bicyclic) bond motifs is 1. The Morgan fingerprint density at radius 2 is 1.64 bits per heavy atom. The van der Waals surface area contributed by atoms with Crippen molar-refractivity contribution in [1.82, 2.24) is 9.47 Å². The van der Waals surface area contributed by atoms with Crippen LogP contribution in [0, 0.1) is 0 Å². The number of anilines is 1. The van der Waals surface area contributed by atoms with Gasteiger partial charge in [-0.2, -0.15) is 0 Å². The number of aromatic nitrogens is 1. The molecule has 0 radical (unpaired) electrons. The molecule has 5 heteroatoms. The van der Waals surface area contributed by atoms with Crippen LogP contribution < -0.4 is 4.90 Å². The maximum atomic E-state index is 12.7. The predicted molar refractivity (Wildman–Crippen MR) is 100 cm³/mol. The van der Waals surface area contributed by atoms with E-state index in [1.165, 1.54) is 0 Å². The number of benzene rings is 2. The van der Waals surface area contributed by atoms with Gasteiger partial charge in [-0.15, -0.1) is 0 Å². The number of rotatable bonds is 2. The van der Waals surface area contributed by atoms with Crippen molar-refractivity contribution in [2.24, 2.45) is 0 Å². The van der Waals surface area contributed by atoms with E-state index < -0.39 is 0 Å². The van der Waals surface area contributed by atoms with Gasteiger partial charge in [0.1, 0.15) is 6.17 Å². The first-order valence-electron chi connectivity index (χ1n) is 8.09. The van der Waals surface area contributed by atoms with Gasteiger partial charge >= 0.3 is 0 Å². The number of hydrogen-bond donors (Lipinski definition) is 0. The standard InChI is InChI=1S/C20H18ClN3O/c1-22-18-6-4-3-5-17(18)20(25)23(2)19(22)14-11-12-24(13-14)16-9-7-15(21)8-10-16/h3-13,19H,1-2H3. The molecular weight excluding hydrogens is 334 g/mol. The normalized spacial score (nSPS) is 16.9. The van der Waals surface area contributed by atoms with Crippen molar-refractivity contribution in [1.29, 1.82) is 0 Å². The fraction of sp³-hybridized carbons (Fsp3) is 0.150. The third kappa shape index (κ3) is 2.59. The Bertz CT molecular complexity index is 932. The van der Waals surface area contributed by atoms with Gasteiger partial charge in [-0.3, -0.25) is 4.79 Å². The molecule has 0 fully saturated rings. The molecule has 0 saturated carbocycles. The van der Waals surface area contributed by atoms with Gasteiger partial charge in [0, 0.05) is 42.8 Å². The summed E-state index contributed by atoms with van der Waals surface area (Å²) in [5, 5.41) is 0.713. The van der Waals surface area contributed by atoms with Gasteiger partial charge in [-0.1, -0.05) is 23.7 Å². The number of carbonyl (C=O) groups is 1. The molecule has 4 rings (SSSR count). The molecule has 25 heavy (non-hydrogen) atoms. The molecule has 1 aliphatic rings. The molecule has 0 N–H and O–H groups in total. The fourth-order valence-electron chi connectivity index (χ4n) is 3.44. The summed E-state index contributed by atoms with van der Waals surface area (Å²) in [6, 6.07) is 17.5. The van der Waals surface area contributed by atoms with Crippen molar-refractivity contribution >= 4 is 23.2 Å². The summed E-state index contributed by atoms with van der Waals surface area (Å²) in [6.07, 6.45) is 3.92. The van der Waals surface area contributed by atoms with E-state index in [1.807, 2.05) is 79.5 Å². The first kappa shape index (κ1) is 15.8. The number of nitrogens with zero attached hydrogens (tertiary/aromatic N) is 3. The van der Waals surface area contributed by atoms with E-state index in [1.54, 1.807) is 4.90 Å². The smallest absolute Gasteiger partial charge is 0.257 e. The van der Waals surface area contributed by atoms with Crippen LogP contribution in [-0.2, 0) is 0 Å². The maximum absolute atomic E-state index is 12.7. The van der Waals surface area contributed by atoms with Crippen LogP contribution in [0.3, 0.4) is 0 Å². The highest BCUT2D eigenvalue weighted by molar-refractivity contribution is 6.30. The molecule has 1 aliphatic heterocycles. The van der Waals surface area contributed by atoms with E-state index in [-0.39, 0.29) is 12.1 Å². The lowest BCUT2D eigenvalue weighted by atomic mass is 10.0. The molecule has 3 aromatic rings. The van der Waals surface area contributed by atoms with Crippen molar-refractivity contribution in [3.8, 4) is 5.69 Å². The van der Waals surface area contributed by atoms with Crippen LogP contribution >= 0.6 is 11.6 Å². The van der Waals surface area contributed by atoms with Gasteiger partial charge in [0.15, 0.2) is 0 Å². The number of halogens is 1. The topological polar surface area (TPSA) is 28.5 Å². The third-order valence-corrected chi connectivity index (χ3v) is 4.96. The Hall–Kier alpha value is -2.72. The molecule has 0 bridgehead atoms. The zero-order chi connectivity index (χ0) is 17.6. The summed E-state index contributed by atoms with van der Waals surface area (Å²) < 4.78 is 2.04. The maximum Gasteiger partial charge on any atom is 0.257 e. The first-order valence-corrected chi connectivity index (χ1v) is 8.47. The van der Waals surface area contributed by atoms with E-state index in [9.17, 15) is 4.79 Å². The summed E-state index contributed by atoms with van der Waals surface area (Å²) in [7, 11) is 3.87. The Labute approximate surface area is 151 Å². The van der Waals surface area contributed by atoms with E-state index in [0.717, 1.165) is 22.5 Å². The Morgan fingerprint density at radius 3 is 2.40 bits per heavy atom. The van der Waals surface area contributed by atoms with Crippen LogP contribution in [0.1, 0.15) is 22.1 Å². The van der Waals surface area contributed by atoms with Crippen LogP contribution in [0.25, 0.3) is 5.69 Å². The third-order valence-electron chi connectivity index (χ3n) is 4.71. The summed E-state index contributed by atoms with van der Waals surface area (Å²) in [5.41, 5.74) is 3.78. The molecule has 1 unspecified atom stereocenters. The average Bonchev–Trinajstić information content (AvgIpc) is 3.10. The van der Waals surface area contributed by atoms with E-state index >= 15 is 0 Å². The van der Waals surface area contributed by atoms with Crippen molar-refractivity contribution in [2.45, 2.75) is 6.17 Å². The summed E-state index contributed by atoms with van der Waals surface area (Å²) in [6.45, 7) is 0. The largest absolute Gasteiger partial charge is 0.350 e. The van der Waals surface area contributed by atoms with Gasteiger partial charge in [-0.25, -0.2) is 0 Å².